The summed E-state index contributed by atoms with van der Waals surface area (Å²) in [6, 6.07) is 7.49. The van der Waals surface area contributed by atoms with Gasteiger partial charge in [-0.1, -0.05) is 6.07 Å². The van der Waals surface area contributed by atoms with Crippen LogP contribution < -0.4 is 10.5 Å². The van der Waals surface area contributed by atoms with Gasteiger partial charge in [-0.3, -0.25) is 0 Å². The van der Waals surface area contributed by atoms with Crippen LogP contribution in [0.2, 0.25) is 0 Å². The van der Waals surface area contributed by atoms with Gasteiger partial charge in [0.15, 0.2) is 0 Å². The molecule has 0 bridgehead atoms. The molecule has 1 aromatic carbocycles. The van der Waals surface area contributed by atoms with Crippen molar-refractivity contribution in [2.45, 2.75) is 0 Å². The lowest BCUT2D eigenvalue weighted by molar-refractivity contribution is 0.218. The van der Waals surface area contributed by atoms with Crippen LogP contribution in [0.3, 0.4) is 0 Å². The first-order valence-electron chi connectivity index (χ1n) is 4.88. The van der Waals surface area contributed by atoms with E-state index >= 15 is 0 Å². The predicted molar refractivity (Wildman–Crippen MR) is 65.6 cm³/mol. The van der Waals surface area contributed by atoms with E-state index in [2.05, 4.69) is 0 Å². The van der Waals surface area contributed by atoms with Crippen LogP contribution in [-0.4, -0.2) is 31.8 Å². The lowest BCUT2D eigenvalue weighted by Crippen LogP contribution is -2.02. The lowest BCUT2D eigenvalue weighted by Gasteiger charge is -2.06. The van der Waals surface area contributed by atoms with Gasteiger partial charge in [-0.15, -0.1) is 0 Å². The van der Waals surface area contributed by atoms with Crippen LogP contribution in [0.5, 0.6) is 5.75 Å². The Labute approximate surface area is 94.9 Å². The van der Waals surface area contributed by atoms with Gasteiger partial charge in [0.2, 0.25) is 0 Å². The molecule has 0 saturated heterocycles. The first-order chi connectivity index (χ1) is 7.33. The zero-order valence-electron chi connectivity index (χ0n) is 8.94. The monoisotopic (exact) mass is 227 g/mol. The number of anilines is 1. The fraction of sp³-hybridized carbons (Fsp3) is 0.455. The van der Waals surface area contributed by atoms with E-state index in [-0.39, 0.29) is 0 Å². The van der Waals surface area contributed by atoms with Crippen LogP contribution >= 0.6 is 11.8 Å². The number of thioether (sulfide) groups is 1. The van der Waals surface area contributed by atoms with E-state index < -0.39 is 0 Å². The number of ether oxygens (including phenoxy) is 2. The van der Waals surface area contributed by atoms with Gasteiger partial charge >= 0.3 is 0 Å². The quantitative estimate of drug-likeness (QED) is 0.572. The number of benzene rings is 1. The topological polar surface area (TPSA) is 44.5 Å². The third-order valence-electron chi connectivity index (χ3n) is 1.79. The third-order valence-corrected chi connectivity index (χ3v) is 2.70. The van der Waals surface area contributed by atoms with Gasteiger partial charge in [0, 0.05) is 30.4 Å². The molecule has 2 N–H and O–H groups in total. The van der Waals surface area contributed by atoms with Crippen LogP contribution in [0.1, 0.15) is 0 Å². The highest BCUT2D eigenvalue weighted by atomic mass is 32.2. The molecule has 4 heteroatoms. The van der Waals surface area contributed by atoms with E-state index in [1.54, 1.807) is 7.11 Å². The molecule has 0 aliphatic carbocycles. The number of hydrogen-bond donors (Lipinski definition) is 1. The number of hydrogen-bond acceptors (Lipinski definition) is 4. The molecule has 0 spiro atoms. The van der Waals surface area contributed by atoms with E-state index in [1.165, 1.54) is 0 Å². The minimum Gasteiger partial charge on any atom is -0.493 e. The zero-order valence-corrected chi connectivity index (χ0v) is 9.76. The van der Waals surface area contributed by atoms with Gasteiger partial charge in [-0.05, 0) is 12.1 Å². The van der Waals surface area contributed by atoms with E-state index in [0.717, 1.165) is 29.5 Å². The van der Waals surface area contributed by atoms with Crippen molar-refractivity contribution in [2.75, 3.05) is 37.6 Å². The summed E-state index contributed by atoms with van der Waals surface area (Å²) in [6.07, 6.45) is 0. The van der Waals surface area contributed by atoms with E-state index in [4.69, 9.17) is 15.2 Å². The molecule has 0 radical (unpaired) electrons. The second kappa shape index (κ2) is 7.43. The molecule has 0 fully saturated rings. The highest BCUT2D eigenvalue weighted by Crippen LogP contribution is 2.14. The molecule has 0 unspecified atom stereocenters. The van der Waals surface area contributed by atoms with Crippen molar-refractivity contribution in [3.05, 3.63) is 24.3 Å². The summed E-state index contributed by atoms with van der Waals surface area (Å²) in [5.74, 6) is 2.82. The Balaban J connectivity index is 2.10. The van der Waals surface area contributed by atoms with Crippen LogP contribution in [0.25, 0.3) is 0 Å². The summed E-state index contributed by atoms with van der Waals surface area (Å²) in [5, 5.41) is 0. The van der Waals surface area contributed by atoms with Gasteiger partial charge in [0.25, 0.3) is 0 Å². The van der Waals surface area contributed by atoms with Crippen molar-refractivity contribution in [2.24, 2.45) is 0 Å². The highest BCUT2D eigenvalue weighted by molar-refractivity contribution is 7.99. The van der Waals surface area contributed by atoms with Crippen LogP contribution in [0.15, 0.2) is 24.3 Å². The molecule has 0 heterocycles. The van der Waals surface area contributed by atoms with Crippen molar-refractivity contribution < 1.29 is 9.47 Å². The van der Waals surface area contributed by atoms with Crippen LogP contribution in [0, 0.1) is 0 Å². The van der Waals surface area contributed by atoms with Crippen molar-refractivity contribution in [1.82, 2.24) is 0 Å². The molecule has 1 rings (SSSR count). The molecule has 1 aromatic rings. The predicted octanol–water partition coefficient (Wildman–Crippen LogP) is 2.03. The Morgan fingerprint density at radius 1 is 1.27 bits per heavy atom. The second-order valence-electron chi connectivity index (χ2n) is 3.03. The van der Waals surface area contributed by atoms with Gasteiger partial charge in [-0.25, -0.2) is 0 Å². The maximum absolute atomic E-state index is 5.63. The van der Waals surface area contributed by atoms with E-state index in [9.17, 15) is 0 Å². The second-order valence-corrected chi connectivity index (χ2v) is 4.25. The Kier molecular flexibility index (Phi) is 6.04. The van der Waals surface area contributed by atoms with E-state index in [0.29, 0.717) is 6.61 Å². The zero-order chi connectivity index (χ0) is 10.9. The molecule has 0 aliphatic heterocycles. The largest absolute Gasteiger partial charge is 0.493 e. The van der Waals surface area contributed by atoms with Crippen molar-refractivity contribution in [1.29, 1.82) is 0 Å². The van der Waals surface area contributed by atoms with Crippen LogP contribution in [0.4, 0.5) is 5.69 Å². The average molecular weight is 227 g/mol. The van der Waals surface area contributed by atoms with Crippen molar-refractivity contribution in [3.8, 4) is 5.75 Å². The third kappa shape index (κ3) is 5.54. The molecule has 0 amide bonds. The van der Waals surface area contributed by atoms with Gasteiger partial charge < -0.3 is 15.2 Å². The molecule has 0 atom stereocenters. The highest BCUT2D eigenvalue weighted by Gasteiger charge is 1.94. The van der Waals surface area contributed by atoms with E-state index in [1.807, 2.05) is 36.0 Å². The summed E-state index contributed by atoms with van der Waals surface area (Å²) in [5.41, 5.74) is 6.36. The first kappa shape index (κ1) is 12.2. The maximum atomic E-state index is 5.63. The minimum absolute atomic E-state index is 0.706. The molecule has 0 aromatic heterocycles. The molecule has 0 aliphatic rings. The average Bonchev–Trinajstić information content (AvgIpc) is 2.23. The molecular weight excluding hydrogens is 210 g/mol. The molecule has 84 valence electrons. The summed E-state index contributed by atoms with van der Waals surface area (Å²) in [7, 11) is 1.71. The van der Waals surface area contributed by atoms with Crippen molar-refractivity contribution in [3.63, 3.8) is 0 Å². The number of nitrogen functional groups attached to an aromatic ring is 1. The standard InChI is InChI=1S/C11H17NO2S/c1-13-5-7-15-8-6-14-11-4-2-3-10(12)9-11/h2-4,9H,5-8,12H2,1H3. The number of nitrogens with two attached hydrogens (primary N) is 1. The van der Waals surface area contributed by atoms with Gasteiger partial charge in [0.05, 0.1) is 13.2 Å². The van der Waals surface area contributed by atoms with Crippen LogP contribution in [-0.2, 0) is 4.74 Å². The number of methoxy groups -OCH3 is 1. The summed E-state index contributed by atoms with van der Waals surface area (Å²) < 4.78 is 10.5. The molecule has 0 saturated carbocycles. The Morgan fingerprint density at radius 2 is 2.07 bits per heavy atom. The summed E-state index contributed by atoms with van der Waals surface area (Å²) >= 11 is 1.82. The first-order valence-corrected chi connectivity index (χ1v) is 6.03. The fourth-order valence-corrected chi connectivity index (χ4v) is 1.76. The minimum atomic E-state index is 0.706. The Hall–Kier alpha value is -0.870. The smallest absolute Gasteiger partial charge is 0.121 e. The SMILES string of the molecule is COCCSCCOc1cccc(N)c1. The molecular formula is C11H17NO2S. The fourth-order valence-electron chi connectivity index (χ4n) is 1.07. The molecule has 3 nitrogen and oxygen atoms in total. The Bertz CT molecular complexity index is 281. The Morgan fingerprint density at radius 3 is 2.80 bits per heavy atom. The number of rotatable bonds is 7. The van der Waals surface area contributed by atoms with Gasteiger partial charge in [-0.2, -0.15) is 11.8 Å². The molecule has 15 heavy (non-hydrogen) atoms. The van der Waals surface area contributed by atoms with Crippen molar-refractivity contribution >= 4 is 17.4 Å². The van der Waals surface area contributed by atoms with Gasteiger partial charge in [0.1, 0.15) is 5.75 Å². The summed E-state index contributed by atoms with van der Waals surface area (Å²) in [6.45, 7) is 1.50. The normalized spacial score (nSPS) is 10.2. The summed E-state index contributed by atoms with van der Waals surface area (Å²) in [4.78, 5) is 0. The maximum Gasteiger partial charge on any atom is 0.121 e. The lowest BCUT2D eigenvalue weighted by atomic mass is 10.3.